The maximum absolute atomic E-state index is 11.8. The number of carbonyl (C=O) groups is 1. The fraction of sp³-hybridized carbons (Fsp3) is 0.533. The number of nitrogens with one attached hydrogen (secondary N) is 1. The molecule has 1 heterocycles. The van der Waals surface area contributed by atoms with Crippen molar-refractivity contribution in [2.75, 3.05) is 18.0 Å². The topological polar surface area (TPSA) is 90.3 Å². The highest BCUT2D eigenvalue weighted by Crippen LogP contribution is 2.31. The normalized spacial score (nSPS) is 17.8. The van der Waals surface area contributed by atoms with Crippen molar-refractivity contribution in [3.8, 4) is 0 Å². The molecule has 1 saturated heterocycles. The first kappa shape index (κ1) is 16.0. The maximum Gasteiger partial charge on any atom is 0.407 e. The van der Waals surface area contributed by atoms with Gasteiger partial charge in [-0.1, -0.05) is 23.3 Å². The number of anilines is 1. The summed E-state index contributed by atoms with van der Waals surface area (Å²) in [4.78, 5) is 16.8. The van der Waals surface area contributed by atoms with E-state index in [0.717, 1.165) is 18.7 Å². The van der Waals surface area contributed by atoms with Crippen LogP contribution in [0.1, 0.15) is 27.2 Å². The van der Waals surface area contributed by atoms with Crippen LogP contribution in [0.2, 0.25) is 0 Å². The highest BCUT2D eigenvalue weighted by molar-refractivity contribution is 5.70. The molecular weight excluding hydrogens is 282 g/mol. The van der Waals surface area contributed by atoms with Crippen molar-refractivity contribution < 1.29 is 9.53 Å². The quantitative estimate of drug-likeness (QED) is 0.524. The fourth-order valence-corrected chi connectivity index (χ4v) is 2.44. The molecule has 1 aromatic rings. The molecule has 1 N–H and O–H groups in total. The number of para-hydroxylation sites is 1. The first-order valence-corrected chi connectivity index (χ1v) is 7.27. The molecule has 1 fully saturated rings. The molecule has 1 aliphatic heterocycles. The minimum Gasteiger partial charge on any atom is -0.444 e. The standard InChI is InChI=1S/C15H21N5O2/c1-15(2,3)22-14(21)17-11-8-9-20(10-11)13-7-5-4-6-12(13)18-19-16/h4-7,11H,8-10H2,1-3H3,(H,17,21). The molecule has 0 spiro atoms. The Hall–Kier alpha value is -2.40. The zero-order valence-electron chi connectivity index (χ0n) is 13.1. The van der Waals surface area contributed by atoms with Gasteiger partial charge in [-0.05, 0) is 38.8 Å². The molecule has 1 atom stereocenters. The monoisotopic (exact) mass is 303 g/mol. The van der Waals surface area contributed by atoms with Crippen LogP contribution < -0.4 is 10.2 Å². The summed E-state index contributed by atoms with van der Waals surface area (Å²) in [6, 6.07) is 7.46. The lowest BCUT2D eigenvalue weighted by atomic mass is 10.2. The highest BCUT2D eigenvalue weighted by atomic mass is 16.6. The van der Waals surface area contributed by atoms with E-state index in [9.17, 15) is 4.79 Å². The summed E-state index contributed by atoms with van der Waals surface area (Å²) in [5, 5.41) is 6.59. The van der Waals surface area contributed by atoms with Crippen LogP contribution in [-0.4, -0.2) is 30.8 Å². The third-order valence-corrected chi connectivity index (χ3v) is 3.28. The summed E-state index contributed by atoms with van der Waals surface area (Å²) in [5.74, 6) is 0. The van der Waals surface area contributed by atoms with Crippen LogP contribution in [0.25, 0.3) is 10.4 Å². The van der Waals surface area contributed by atoms with Crippen molar-refractivity contribution in [1.29, 1.82) is 0 Å². The molecule has 1 aromatic carbocycles. The van der Waals surface area contributed by atoms with Gasteiger partial charge in [0.15, 0.2) is 0 Å². The SMILES string of the molecule is CC(C)(C)OC(=O)NC1CCN(c2ccccc2N=[N+]=[N-])C1. The lowest BCUT2D eigenvalue weighted by Gasteiger charge is -2.23. The van der Waals surface area contributed by atoms with E-state index in [4.69, 9.17) is 10.3 Å². The molecule has 2 rings (SSSR count). The third kappa shape index (κ3) is 4.30. The van der Waals surface area contributed by atoms with Crippen LogP contribution in [0, 0.1) is 0 Å². The maximum atomic E-state index is 11.8. The lowest BCUT2D eigenvalue weighted by Crippen LogP contribution is -2.40. The minimum absolute atomic E-state index is 0.0222. The molecule has 1 aliphatic rings. The van der Waals surface area contributed by atoms with Crippen LogP contribution >= 0.6 is 0 Å². The summed E-state index contributed by atoms with van der Waals surface area (Å²) < 4.78 is 5.27. The molecule has 22 heavy (non-hydrogen) atoms. The number of hydrogen-bond donors (Lipinski definition) is 1. The molecule has 1 amide bonds. The Morgan fingerprint density at radius 2 is 2.18 bits per heavy atom. The molecule has 7 heteroatoms. The molecule has 118 valence electrons. The molecule has 1 unspecified atom stereocenters. The Balaban J connectivity index is 1.99. The minimum atomic E-state index is -0.503. The van der Waals surface area contributed by atoms with E-state index in [-0.39, 0.29) is 6.04 Å². The van der Waals surface area contributed by atoms with Gasteiger partial charge in [0.25, 0.3) is 0 Å². The summed E-state index contributed by atoms with van der Waals surface area (Å²) in [7, 11) is 0. The number of rotatable bonds is 3. The van der Waals surface area contributed by atoms with Crippen molar-refractivity contribution in [3.63, 3.8) is 0 Å². The summed E-state index contributed by atoms with van der Waals surface area (Å²) in [5.41, 5.74) is 9.61. The smallest absolute Gasteiger partial charge is 0.407 e. The van der Waals surface area contributed by atoms with Gasteiger partial charge in [0.05, 0.1) is 11.7 Å². The van der Waals surface area contributed by atoms with E-state index in [1.54, 1.807) is 6.07 Å². The Labute approximate surface area is 129 Å². The molecule has 0 radical (unpaired) electrons. The second-order valence-electron chi connectivity index (χ2n) is 6.26. The zero-order chi connectivity index (χ0) is 16.2. The van der Waals surface area contributed by atoms with Crippen LogP contribution in [0.3, 0.4) is 0 Å². The molecule has 0 aliphatic carbocycles. The lowest BCUT2D eigenvalue weighted by molar-refractivity contribution is 0.0509. The Bertz CT molecular complexity index is 590. The average Bonchev–Trinajstić information content (AvgIpc) is 2.85. The van der Waals surface area contributed by atoms with Crippen molar-refractivity contribution in [2.24, 2.45) is 5.11 Å². The van der Waals surface area contributed by atoms with Gasteiger partial charge in [-0.15, -0.1) is 0 Å². The molecule has 0 bridgehead atoms. The molecule has 0 aromatic heterocycles. The van der Waals surface area contributed by atoms with Crippen molar-refractivity contribution in [3.05, 3.63) is 34.7 Å². The van der Waals surface area contributed by atoms with E-state index < -0.39 is 11.7 Å². The average molecular weight is 303 g/mol. The van der Waals surface area contributed by atoms with Gasteiger partial charge in [-0.25, -0.2) is 4.79 Å². The van der Waals surface area contributed by atoms with E-state index in [0.29, 0.717) is 12.2 Å². The van der Waals surface area contributed by atoms with E-state index in [1.807, 2.05) is 39.0 Å². The van der Waals surface area contributed by atoms with Crippen molar-refractivity contribution in [2.45, 2.75) is 38.8 Å². The Morgan fingerprint density at radius 3 is 2.86 bits per heavy atom. The number of carbonyl (C=O) groups excluding carboxylic acids is 1. The second kappa shape index (κ2) is 6.58. The number of ether oxygens (including phenoxy) is 1. The van der Waals surface area contributed by atoms with Crippen LogP contribution in [0.5, 0.6) is 0 Å². The van der Waals surface area contributed by atoms with Gasteiger partial charge >= 0.3 is 6.09 Å². The van der Waals surface area contributed by atoms with Crippen molar-refractivity contribution in [1.82, 2.24) is 5.32 Å². The van der Waals surface area contributed by atoms with Crippen LogP contribution in [-0.2, 0) is 4.74 Å². The summed E-state index contributed by atoms with van der Waals surface area (Å²) in [6.07, 6.45) is 0.423. The molecule has 0 saturated carbocycles. The van der Waals surface area contributed by atoms with Crippen LogP contribution in [0.4, 0.5) is 16.2 Å². The van der Waals surface area contributed by atoms with E-state index in [2.05, 4.69) is 20.2 Å². The number of nitrogens with zero attached hydrogens (tertiary/aromatic N) is 4. The van der Waals surface area contributed by atoms with Gasteiger partial charge in [0.2, 0.25) is 0 Å². The number of azide groups is 1. The first-order valence-electron chi connectivity index (χ1n) is 7.27. The van der Waals surface area contributed by atoms with E-state index in [1.165, 1.54) is 0 Å². The Morgan fingerprint density at radius 1 is 1.45 bits per heavy atom. The number of benzene rings is 1. The predicted octanol–water partition coefficient (Wildman–Crippen LogP) is 3.73. The van der Waals surface area contributed by atoms with E-state index >= 15 is 0 Å². The predicted molar refractivity (Wildman–Crippen MR) is 85.2 cm³/mol. The highest BCUT2D eigenvalue weighted by Gasteiger charge is 2.27. The van der Waals surface area contributed by atoms with Gasteiger partial charge in [-0.2, -0.15) is 0 Å². The summed E-state index contributed by atoms with van der Waals surface area (Å²) >= 11 is 0. The van der Waals surface area contributed by atoms with Gasteiger partial charge in [-0.3, -0.25) is 0 Å². The van der Waals surface area contributed by atoms with Gasteiger partial charge in [0, 0.05) is 23.7 Å². The first-order chi connectivity index (χ1) is 10.4. The summed E-state index contributed by atoms with van der Waals surface area (Å²) in [6.45, 7) is 6.96. The largest absolute Gasteiger partial charge is 0.444 e. The Kier molecular flexibility index (Phi) is 4.78. The molecular formula is C15H21N5O2. The molecule has 7 nitrogen and oxygen atoms in total. The third-order valence-electron chi connectivity index (χ3n) is 3.28. The zero-order valence-corrected chi connectivity index (χ0v) is 13.1. The number of hydrogen-bond acceptors (Lipinski definition) is 4. The second-order valence-corrected chi connectivity index (χ2v) is 6.26. The fourth-order valence-electron chi connectivity index (χ4n) is 2.44. The van der Waals surface area contributed by atoms with Gasteiger partial charge < -0.3 is 15.0 Å². The van der Waals surface area contributed by atoms with Crippen molar-refractivity contribution >= 4 is 17.5 Å². The number of amides is 1. The number of alkyl carbamates (subject to hydrolysis) is 1. The van der Waals surface area contributed by atoms with Gasteiger partial charge in [0.1, 0.15) is 5.60 Å². The van der Waals surface area contributed by atoms with Crippen LogP contribution in [0.15, 0.2) is 29.4 Å².